The minimum Gasteiger partial charge on any atom is -0.342 e. The van der Waals surface area contributed by atoms with Crippen molar-refractivity contribution in [3.05, 3.63) is 76.7 Å². The standard InChI is InChI=1S/C27H28N4/c1-4-19-6-5-7-24-23(19)12-9-20-8-10-21(30-27(20)24)11-13-25-28-15-14-22-17(2)16-29-18(3)26(22)31-25/h5-10,12,16H,4,11,13-15H2,1-3H3,(H,28,31). The fourth-order valence-electron chi connectivity index (χ4n) is 4.61. The first-order chi connectivity index (χ1) is 15.1. The molecular formula is C27H28N4. The number of nitrogens with zero attached hydrogens (tertiary/aromatic N) is 3. The third-order valence-electron chi connectivity index (χ3n) is 6.39. The van der Waals surface area contributed by atoms with Crippen LogP contribution in [0.1, 0.15) is 41.4 Å². The molecule has 0 atom stereocenters. The van der Waals surface area contributed by atoms with Gasteiger partial charge in [-0.15, -0.1) is 0 Å². The lowest BCUT2D eigenvalue weighted by molar-refractivity contribution is 0.939. The zero-order valence-electron chi connectivity index (χ0n) is 18.5. The van der Waals surface area contributed by atoms with E-state index < -0.39 is 0 Å². The number of amidine groups is 1. The molecule has 1 N–H and O–H groups in total. The summed E-state index contributed by atoms with van der Waals surface area (Å²) in [6.45, 7) is 7.22. The van der Waals surface area contributed by atoms with E-state index in [2.05, 4.69) is 73.5 Å². The maximum absolute atomic E-state index is 5.07. The molecule has 1 aliphatic rings. The van der Waals surface area contributed by atoms with Crippen molar-refractivity contribution in [2.75, 3.05) is 11.9 Å². The molecule has 31 heavy (non-hydrogen) atoms. The number of rotatable bonds is 4. The van der Waals surface area contributed by atoms with Crippen LogP contribution >= 0.6 is 0 Å². The number of pyridine rings is 2. The van der Waals surface area contributed by atoms with Gasteiger partial charge in [0.1, 0.15) is 5.84 Å². The van der Waals surface area contributed by atoms with Gasteiger partial charge in [0.15, 0.2) is 0 Å². The Balaban J connectivity index is 1.42. The summed E-state index contributed by atoms with van der Waals surface area (Å²) in [6.07, 6.45) is 5.66. The van der Waals surface area contributed by atoms with E-state index in [1.165, 1.54) is 32.8 Å². The Hall–Kier alpha value is -3.27. The second-order valence-corrected chi connectivity index (χ2v) is 8.39. The Morgan fingerprint density at radius 2 is 1.84 bits per heavy atom. The summed E-state index contributed by atoms with van der Waals surface area (Å²) in [7, 11) is 0. The van der Waals surface area contributed by atoms with Gasteiger partial charge in [-0.2, -0.15) is 0 Å². The molecule has 4 heteroatoms. The van der Waals surface area contributed by atoms with Gasteiger partial charge in [-0.25, -0.2) is 0 Å². The largest absolute Gasteiger partial charge is 0.342 e. The SMILES string of the molecule is CCc1cccc2c1ccc1ccc(CCC3=NCCc4c(C)cnc(C)c4N3)nc12. The summed E-state index contributed by atoms with van der Waals surface area (Å²) in [5, 5.41) is 7.33. The van der Waals surface area contributed by atoms with Crippen LogP contribution in [0.25, 0.3) is 21.7 Å². The second kappa shape index (κ2) is 8.10. The highest BCUT2D eigenvalue weighted by atomic mass is 15.0. The summed E-state index contributed by atoms with van der Waals surface area (Å²) >= 11 is 0. The molecule has 0 unspecified atom stereocenters. The molecule has 1 aliphatic heterocycles. The van der Waals surface area contributed by atoms with Gasteiger partial charge in [0.05, 0.1) is 16.9 Å². The van der Waals surface area contributed by atoms with E-state index in [0.717, 1.165) is 60.7 Å². The van der Waals surface area contributed by atoms with Crippen LogP contribution < -0.4 is 5.32 Å². The average Bonchev–Trinajstić information content (AvgIpc) is 3.03. The molecule has 4 nitrogen and oxygen atoms in total. The van der Waals surface area contributed by atoms with Crippen LogP contribution in [0.15, 0.2) is 53.7 Å². The van der Waals surface area contributed by atoms with Crippen molar-refractivity contribution >= 4 is 33.2 Å². The first kappa shape index (κ1) is 19.7. The Morgan fingerprint density at radius 1 is 0.968 bits per heavy atom. The Labute approximate surface area is 183 Å². The minimum absolute atomic E-state index is 0.815. The van der Waals surface area contributed by atoms with Gasteiger partial charge in [-0.1, -0.05) is 43.3 Å². The Morgan fingerprint density at radius 3 is 2.71 bits per heavy atom. The van der Waals surface area contributed by atoms with Gasteiger partial charge in [-0.3, -0.25) is 15.0 Å². The van der Waals surface area contributed by atoms with Gasteiger partial charge >= 0.3 is 0 Å². The molecule has 0 amide bonds. The van der Waals surface area contributed by atoms with E-state index >= 15 is 0 Å². The molecule has 2 aromatic carbocycles. The van der Waals surface area contributed by atoms with E-state index in [1.54, 1.807) is 0 Å². The summed E-state index contributed by atoms with van der Waals surface area (Å²) in [5.41, 5.74) is 8.34. The van der Waals surface area contributed by atoms with Crippen LogP contribution in [0.3, 0.4) is 0 Å². The van der Waals surface area contributed by atoms with Crippen LogP contribution in [-0.2, 0) is 19.3 Å². The molecule has 4 aromatic rings. The van der Waals surface area contributed by atoms with Crippen LogP contribution in [0.4, 0.5) is 5.69 Å². The highest BCUT2D eigenvalue weighted by Gasteiger charge is 2.15. The molecule has 0 aliphatic carbocycles. The van der Waals surface area contributed by atoms with E-state index in [4.69, 9.17) is 9.98 Å². The highest BCUT2D eigenvalue weighted by Crippen LogP contribution is 2.28. The molecule has 0 saturated carbocycles. The highest BCUT2D eigenvalue weighted by molar-refractivity contribution is 6.06. The van der Waals surface area contributed by atoms with E-state index in [9.17, 15) is 0 Å². The third-order valence-corrected chi connectivity index (χ3v) is 6.39. The number of fused-ring (bicyclic) bond motifs is 4. The van der Waals surface area contributed by atoms with Gasteiger partial charge in [-0.05, 0) is 61.3 Å². The number of anilines is 1. The summed E-state index contributed by atoms with van der Waals surface area (Å²) in [4.78, 5) is 14.4. The topological polar surface area (TPSA) is 50.2 Å². The Kier molecular flexibility index (Phi) is 5.14. The number of aryl methyl sites for hydroxylation is 4. The average molecular weight is 409 g/mol. The van der Waals surface area contributed by atoms with Gasteiger partial charge in [0, 0.05) is 35.6 Å². The quantitative estimate of drug-likeness (QED) is 0.424. The van der Waals surface area contributed by atoms with Gasteiger partial charge in [0.25, 0.3) is 0 Å². The van der Waals surface area contributed by atoms with Crippen LogP contribution in [0.5, 0.6) is 0 Å². The van der Waals surface area contributed by atoms with E-state index in [0.29, 0.717) is 0 Å². The van der Waals surface area contributed by atoms with Crippen molar-refractivity contribution in [2.45, 2.75) is 46.5 Å². The van der Waals surface area contributed by atoms with E-state index in [-0.39, 0.29) is 0 Å². The third kappa shape index (κ3) is 3.67. The van der Waals surface area contributed by atoms with Gasteiger partial charge in [0.2, 0.25) is 0 Å². The van der Waals surface area contributed by atoms with Crippen molar-refractivity contribution in [2.24, 2.45) is 4.99 Å². The molecule has 0 saturated heterocycles. The summed E-state index contributed by atoms with van der Waals surface area (Å²) < 4.78 is 0. The minimum atomic E-state index is 0.815. The lowest BCUT2D eigenvalue weighted by Crippen LogP contribution is -2.15. The normalized spacial score (nSPS) is 13.6. The molecule has 0 fully saturated rings. The number of nitrogens with one attached hydrogen (secondary N) is 1. The number of aliphatic imine (C=N–C) groups is 1. The van der Waals surface area contributed by atoms with Crippen molar-refractivity contribution in [1.82, 2.24) is 9.97 Å². The summed E-state index contributed by atoms with van der Waals surface area (Å²) in [5.74, 6) is 1.03. The smallest absolute Gasteiger partial charge is 0.101 e. The number of hydrogen-bond acceptors (Lipinski definition) is 4. The molecule has 0 bridgehead atoms. The van der Waals surface area contributed by atoms with Crippen molar-refractivity contribution in [3.8, 4) is 0 Å². The second-order valence-electron chi connectivity index (χ2n) is 8.39. The molecule has 3 heterocycles. The van der Waals surface area contributed by atoms with Crippen molar-refractivity contribution in [3.63, 3.8) is 0 Å². The van der Waals surface area contributed by atoms with Crippen LogP contribution in [0, 0.1) is 13.8 Å². The molecule has 5 rings (SSSR count). The maximum atomic E-state index is 5.07. The predicted molar refractivity (Wildman–Crippen MR) is 130 cm³/mol. The predicted octanol–water partition coefficient (Wildman–Crippen LogP) is 5.96. The van der Waals surface area contributed by atoms with Crippen LogP contribution in [0.2, 0.25) is 0 Å². The Bertz CT molecular complexity index is 1320. The zero-order chi connectivity index (χ0) is 21.4. The molecular weight excluding hydrogens is 380 g/mol. The van der Waals surface area contributed by atoms with Crippen LogP contribution in [-0.4, -0.2) is 22.3 Å². The first-order valence-corrected chi connectivity index (χ1v) is 11.2. The molecule has 2 aromatic heterocycles. The fraction of sp³-hybridized carbons (Fsp3) is 0.296. The lowest BCUT2D eigenvalue weighted by Gasteiger charge is -2.14. The zero-order valence-corrected chi connectivity index (χ0v) is 18.5. The number of benzene rings is 2. The van der Waals surface area contributed by atoms with Crippen molar-refractivity contribution < 1.29 is 0 Å². The maximum Gasteiger partial charge on any atom is 0.101 e. The van der Waals surface area contributed by atoms with E-state index in [1.807, 2.05) is 6.20 Å². The molecule has 156 valence electrons. The number of aromatic nitrogens is 2. The van der Waals surface area contributed by atoms with Gasteiger partial charge < -0.3 is 5.32 Å². The summed E-state index contributed by atoms with van der Waals surface area (Å²) in [6, 6.07) is 15.3. The van der Waals surface area contributed by atoms with Crippen molar-refractivity contribution in [1.29, 1.82) is 0 Å². The fourth-order valence-corrected chi connectivity index (χ4v) is 4.61. The number of hydrogen-bond donors (Lipinski definition) is 1. The molecule has 0 radical (unpaired) electrons. The lowest BCUT2D eigenvalue weighted by atomic mass is 9.99. The molecule has 0 spiro atoms. The monoisotopic (exact) mass is 408 g/mol. The first-order valence-electron chi connectivity index (χ1n) is 11.2.